The number of carbonyl (C=O) groups is 1. The molecule has 3 aromatic rings. The van der Waals surface area contributed by atoms with Gasteiger partial charge in [-0.1, -0.05) is 24.3 Å². The molecule has 1 aliphatic rings. The average Bonchev–Trinajstić information content (AvgIpc) is 3.13. The lowest BCUT2D eigenvalue weighted by molar-refractivity contribution is 0.1000. The summed E-state index contributed by atoms with van der Waals surface area (Å²) in [5.41, 5.74) is 11.1. The molecule has 1 amide bonds. The van der Waals surface area contributed by atoms with Crippen molar-refractivity contribution in [3.63, 3.8) is 0 Å². The van der Waals surface area contributed by atoms with Gasteiger partial charge in [-0.3, -0.25) is 4.79 Å². The minimum atomic E-state index is -0.415. The summed E-state index contributed by atoms with van der Waals surface area (Å²) in [5, 5.41) is 0. The summed E-state index contributed by atoms with van der Waals surface area (Å²) in [6, 6.07) is 11.7. The molecule has 0 saturated carbocycles. The first-order chi connectivity index (χ1) is 10.3. The van der Waals surface area contributed by atoms with E-state index in [1.54, 1.807) is 18.5 Å². The Labute approximate surface area is 121 Å². The maximum Gasteiger partial charge on any atom is 0.249 e. The Kier molecular flexibility index (Phi) is 2.44. The summed E-state index contributed by atoms with van der Waals surface area (Å²) >= 11 is 0. The number of hydrogen-bond donors (Lipinski definition) is 2. The second kappa shape index (κ2) is 4.31. The highest BCUT2D eigenvalue weighted by atomic mass is 16.1. The zero-order valence-corrected chi connectivity index (χ0v) is 11.1. The van der Waals surface area contributed by atoms with Crippen LogP contribution in [-0.2, 0) is 0 Å². The highest BCUT2D eigenvalue weighted by Gasteiger charge is 2.26. The number of rotatable bonds is 2. The van der Waals surface area contributed by atoms with Crippen molar-refractivity contribution in [2.24, 2.45) is 5.73 Å². The van der Waals surface area contributed by atoms with E-state index in [0.29, 0.717) is 5.56 Å². The maximum atomic E-state index is 11.7. The van der Waals surface area contributed by atoms with Crippen molar-refractivity contribution in [1.82, 2.24) is 9.97 Å². The van der Waals surface area contributed by atoms with Gasteiger partial charge in [0, 0.05) is 29.9 Å². The lowest BCUT2D eigenvalue weighted by Gasteiger charge is -2.10. The first-order valence-electron chi connectivity index (χ1n) is 6.66. The molecule has 1 aliphatic carbocycles. The summed E-state index contributed by atoms with van der Waals surface area (Å²) < 4.78 is 0. The van der Waals surface area contributed by atoms with Crippen LogP contribution < -0.4 is 5.73 Å². The number of primary amides is 1. The van der Waals surface area contributed by atoms with Crippen LogP contribution in [0.3, 0.4) is 0 Å². The van der Waals surface area contributed by atoms with Crippen molar-refractivity contribution in [1.29, 1.82) is 0 Å². The monoisotopic (exact) mass is 274 g/mol. The summed E-state index contributed by atoms with van der Waals surface area (Å²) in [6.45, 7) is 0. The number of fused-ring (bicyclic) bond motifs is 3. The van der Waals surface area contributed by atoms with Gasteiger partial charge in [-0.05, 0) is 34.4 Å². The van der Waals surface area contributed by atoms with Crippen molar-refractivity contribution in [2.45, 2.75) is 0 Å². The second-order valence-corrected chi connectivity index (χ2v) is 4.98. The minimum Gasteiger partial charge on any atom is -0.366 e. The topological polar surface area (TPSA) is 71.8 Å². The number of benzene rings is 2. The fourth-order valence-corrected chi connectivity index (χ4v) is 2.89. The Morgan fingerprint density at radius 3 is 2.71 bits per heavy atom. The van der Waals surface area contributed by atoms with Gasteiger partial charge in [-0.2, -0.15) is 0 Å². The van der Waals surface area contributed by atoms with Crippen molar-refractivity contribution in [3.8, 4) is 22.5 Å². The van der Waals surface area contributed by atoms with Crippen molar-refractivity contribution in [2.75, 3.05) is 0 Å². The fourth-order valence-electron chi connectivity index (χ4n) is 2.89. The van der Waals surface area contributed by atoms with E-state index in [-0.39, 0.29) is 0 Å². The minimum absolute atomic E-state index is 0.415. The number of nitrogens with one attached hydrogen (secondary N) is 1. The third-order valence-electron chi connectivity index (χ3n) is 3.79. The molecule has 4 heteroatoms. The first-order valence-corrected chi connectivity index (χ1v) is 6.66. The van der Waals surface area contributed by atoms with Crippen LogP contribution in [0.1, 0.15) is 21.5 Å². The first kappa shape index (κ1) is 11.9. The van der Waals surface area contributed by atoms with Gasteiger partial charge in [0.25, 0.3) is 0 Å². The Hall–Kier alpha value is -2.88. The average molecular weight is 274 g/mol. The Bertz CT molecular complexity index is 850. The predicted molar refractivity (Wildman–Crippen MR) is 80.5 cm³/mol. The molecule has 0 spiro atoms. The zero-order chi connectivity index (χ0) is 14.4. The van der Waals surface area contributed by atoms with E-state index in [1.165, 1.54) is 0 Å². The third-order valence-corrected chi connectivity index (χ3v) is 3.79. The molecule has 4 nitrogen and oxygen atoms in total. The molecule has 1 heterocycles. The molecule has 0 aliphatic heterocycles. The van der Waals surface area contributed by atoms with E-state index in [0.717, 1.165) is 33.6 Å². The number of nitrogens with two attached hydrogens (primary N) is 1. The SMILES string of the molecule is NC(=O)c1ccc(-c2ncc[nH]2)c2c1[CH]c1ccccc1-2. The zero-order valence-electron chi connectivity index (χ0n) is 11.1. The predicted octanol–water partition coefficient (Wildman–Crippen LogP) is 2.76. The standard InChI is InChI=1S/C17H12N3O/c18-16(21)12-5-6-13(17-19-7-8-20-17)15-11-4-2-1-3-10(11)9-14(12)15/h1-9H,(H2,18,21)(H,19,20). The molecule has 0 atom stereocenters. The van der Waals surface area contributed by atoms with E-state index < -0.39 is 5.91 Å². The van der Waals surface area contributed by atoms with Crippen LogP contribution in [0.4, 0.5) is 0 Å². The van der Waals surface area contributed by atoms with Gasteiger partial charge < -0.3 is 10.7 Å². The van der Waals surface area contributed by atoms with Crippen LogP contribution in [0.25, 0.3) is 22.5 Å². The highest BCUT2D eigenvalue weighted by Crippen LogP contribution is 2.44. The van der Waals surface area contributed by atoms with E-state index in [9.17, 15) is 4.79 Å². The van der Waals surface area contributed by atoms with E-state index in [2.05, 4.69) is 16.0 Å². The largest absolute Gasteiger partial charge is 0.366 e. The third kappa shape index (κ3) is 1.69. The molecule has 101 valence electrons. The number of nitrogens with zero attached hydrogens (tertiary/aromatic N) is 1. The summed E-state index contributed by atoms with van der Waals surface area (Å²) in [6.07, 6.45) is 5.51. The lowest BCUT2D eigenvalue weighted by Crippen LogP contribution is -2.13. The molecule has 2 aromatic carbocycles. The van der Waals surface area contributed by atoms with Crippen LogP contribution >= 0.6 is 0 Å². The number of H-pyrrole nitrogens is 1. The number of hydrogen-bond acceptors (Lipinski definition) is 2. The van der Waals surface area contributed by atoms with Crippen LogP contribution in [0, 0.1) is 6.42 Å². The molecule has 0 fully saturated rings. The van der Waals surface area contributed by atoms with Crippen LogP contribution in [-0.4, -0.2) is 15.9 Å². The lowest BCUT2D eigenvalue weighted by atomic mass is 9.95. The molecule has 1 aromatic heterocycles. The Morgan fingerprint density at radius 1 is 1.10 bits per heavy atom. The van der Waals surface area contributed by atoms with Crippen LogP contribution in [0.2, 0.25) is 0 Å². The number of aromatic amines is 1. The van der Waals surface area contributed by atoms with Gasteiger partial charge >= 0.3 is 0 Å². The molecule has 21 heavy (non-hydrogen) atoms. The van der Waals surface area contributed by atoms with Gasteiger partial charge in [0.05, 0.1) is 0 Å². The van der Waals surface area contributed by atoms with Crippen molar-refractivity contribution < 1.29 is 4.79 Å². The molecule has 4 rings (SSSR count). The van der Waals surface area contributed by atoms with Gasteiger partial charge in [-0.25, -0.2) is 4.98 Å². The quantitative estimate of drug-likeness (QED) is 0.590. The van der Waals surface area contributed by atoms with Crippen LogP contribution in [0.5, 0.6) is 0 Å². The molecule has 1 radical (unpaired) electrons. The normalized spacial score (nSPS) is 12.0. The second-order valence-electron chi connectivity index (χ2n) is 4.98. The fraction of sp³-hybridized carbons (Fsp3) is 0. The van der Waals surface area contributed by atoms with E-state index in [1.807, 2.05) is 30.7 Å². The van der Waals surface area contributed by atoms with Gasteiger partial charge in [0.1, 0.15) is 5.82 Å². The van der Waals surface area contributed by atoms with Crippen molar-refractivity contribution >= 4 is 5.91 Å². The van der Waals surface area contributed by atoms with Gasteiger partial charge in [0.2, 0.25) is 5.91 Å². The molecule has 0 unspecified atom stereocenters. The van der Waals surface area contributed by atoms with Gasteiger partial charge in [0.15, 0.2) is 0 Å². The summed E-state index contributed by atoms with van der Waals surface area (Å²) in [5.74, 6) is 0.369. The Morgan fingerprint density at radius 2 is 1.95 bits per heavy atom. The number of imidazole rings is 1. The summed E-state index contributed by atoms with van der Waals surface area (Å²) in [7, 11) is 0. The number of aromatic nitrogens is 2. The molecule has 0 saturated heterocycles. The molecule has 3 N–H and O–H groups in total. The maximum absolute atomic E-state index is 11.7. The molecule has 0 bridgehead atoms. The summed E-state index contributed by atoms with van der Waals surface area (Å²) in [4.78, 5) is 19.1. The molecular weight excluding hydrogens is 262 g/mol. The molecular formula is C17H12N3O. The van der Waals surface area contributed by atoms with Crippen LogP contribution in [0.15, 0.2) is 48.8 Å². The number of carbonyl (C=O) groups excluding carboxylic acids is 1. The smallest absolute Gasteiger partial charge is 0.249 e. The van der Waals surface area contributed by atoms with E-state index in [4.69, 9.17) is 5.73 Å². The highest BCUT2D eigenvalue weighted by molar-refractivity contribution is 6.02. The van der Waals surface area contributed by atoms with Crippen molar-refractivity contribution in [3.05, 3.63) is 71.9 Å². The Balaban J connectivity index is 2.06. The number of amides is 1. The van der Waals surface area contributed by atoms with Gasteiger partial charge in [-0.15, -0.1) is 0 Å². The van der Waals surface area contributed by atoms with E-state index >= 15 is 0 Å².